The molecule has 0 radical (unpaired) electrons. The largest absolute Gasteiger partial charge is 0.450 e. The van der Waals surface area contributed by atoms with E-state index in [4.69, 9.17) is 15.2 Å². The van der Waals surface area contributed by atoms with Crippen LogP contribution >= 0.6 is 0 Å². The molecule has 3 saturated carbocycles. The summed E-state index contributed by atoms with van der Waals surface area (Å²) >= 11 is 0. The van der Waals surface area contributed by atoms with Gasteiger partial charge in [0.2, 0.25) is 5.78 Å². The van der Waals surface area contributed by atoms with Crippen LogP contribution in [0.5, 0.6) is 0 Å². The van der Waals surface area contributed by atoms with E-state index in [1.807, 2.05) is 0 Å². The highest BCUT2D eigenvalue weighted by Crippen LogP contribution is 2.71. The van der Waals surface area contributed by atoms with Crippen LogP contribution < -0.4 is 0 Å². The average molecular weight is 572 g/mol. The molecule has 0 aromatic carbocycles. The monoisotopic (exact) mass is 571 g/mol. The lowest BCUT2D eigenvalue weighted by molar-refractivity contribution is -0.492. The van der Waals surface area contributed by atoms with Gasteiger partial charge in [0.05, 0.1) is 18.1 Å². The molecule has 4 aliphatic carbocycles. The third-order valence-corrected chi connectivity index (χ3v) is 10.2. The Balaban J connectivity index is 1.64. The molecule has 0 saturated heterocycles. The lowest BCUT2D eigenvalue weighted by atomic mass is 9.44. The minimum absolute atomic E-state index is 0.00473. The van der Waals surface area contributed by atoms with Crippen LogP contribution in [-0.4, -0.2) is 80.3 Å². The Bertz CT molecular complexity index is 1100. The summed E-state index contributed by atoms with van der Waals surface area (Å²) in [4.78, 5) is 43.0. The fraction of sp³-hybridized carbons (Fsp3) is 0.750. The van der Waals surface area contributed by atoms with Crippen molar-refractivity contribution >= 4 is 17.5 Å². The predicted molar refractivity (Wildman–Crippen MR) is 134 cm³/mol. The Morgan fingerprint density at radius 1 is 1.15 bits per heavy atom. The quantitative estimate of drug-likeness (QED) is 0.175. The second-order valence-electron chi connectivity index (χ2n) is 12.2. The van der Waals surface area contributed by atoms with Crippen molar-refractivity contribution in [2.45, 2.75) is 89.3 Å². The highest BCUT2D eigenvalue weighted by atomic mass is 19.1. The van der Waals surface area contributed by atoms with Crippen molar-refractivity contribution in [1.82, 2.24) is 5.39 Å². The molecule has 0 bridgehead atoms. The molecular formula is C28H39F2NO9. The van der Waals surface area contributed by atoms with E-state index in [0.717, 1.165) is 6.08 Å². The maximum absolute atomic E-state index is 17.4. The molecule has 0 aliphatic heterocycles. The fourth-order valence-electron chi connectivity index (χ4n) is 8.43. The first kappa shape index (κ1) is 30.9. The minimum Gasteiger partial charge on any atom is -0.450 e. The van der Waals surface area contributed by atoms with E-state index < -0.39 is 81.7 Å². The van der Waals surface area contributed by atoms with Gasteiger partial charge in [-0.3, -0.25) is 29.6 Å². The van der Waals surface area contributed by atoms with Crippen molar-refractivity contribution in [2.75, 3.05) is 13.2 Å². The number of hydrogen-bond donors (Lipinski definition) is 4. The summed E-state index contributed by atoms with van der Waals surface area (Å²) in [7, 11) is 0. The molecule has 4 rings (SSSR count). The van der Waals surface area contributed by atoms with Gasteiger partial charge < -0.3 is 14.9 Å². The lowest BCUT2D eigenvalue weighted by Crippen LogP contribution is -2.71. The number of aliphatic hydroxyl groups excluding tert-OH is 2. The third-order valence-electron chi connectivity index (χ3n) is 10.2. The summed E-state index contributed by atoms with van der Waals surface area (Å²) in [6.07, 6.45) is 1.11. The van der Waals surface area contributed by atoms with Gasteiger partial charge >= 0.3 is 5.97 Å². The Morgan fingerprint density at radius 2 is 1.85 bits per heavy atom. The van der Waals surface area contributed by atoms with Crippen LogP contribution in [0.2, 0.25) is 0 Å². The number of hydrogen-bond acceptors (Lipinski definition) is 10. The van der Waals surface area contributed by atoms with Crippen LogP contribution in [-0.2, 0) is 24.0 Å². The van der Waals surface area contributed by atoms with Crippen LogP contribution in [0.25, 0.3) is 0 Å². The Labute approximate surface area is 231 Å². The zero-order valence-corrected chi connectivity index (χ0v) is 23.0. The summed E-state index contributed by atoms with van der Waals surface area (Å²) < 4.78 is 39.0. The standard InChI is InChI=1S/C28H39F2NO9/c1-16-11-18-19-13-21(29)20-12-17(33)8-9-25(20,2)27(19,30)22(34)14-26(18,3)28(16,23(35)15-32)40-24(36)7-5-4-6-10-39-31(37)38/h8-9,12,16,18-19,21-22,32,34,37-38H,4-7,10-11,13-15H2,1-3H3/t16-,18?,19?,21+,22+,25+,26+,27+,28+/m1/s1. The Kier molecular flexibility index (Phi) is 8.45. The zero-order chi connectivity index (χ0) is 29.7. The summed E-state index contributed by atoms with van der Waals surface area (Å²) in [5, 5.41) is 38.2. The number of ketones is 2. The average Bonchev–Trinajstić information content (AvgIpc) is 3.10. The van der Waals surface area contributed by atoms with Gasteiger partial charge in [0.25, 0.3) is 0 Å². The van der Waals surface area contributed by atoms with E-state index in [2.05, 4.69) is 4.84 Å². The van der Waals surface area contributed by atoms with Crippen molar-refractivity contribution in [3.05, 3.63) is 23.8 Å². The van der Waals surface area contributed by atoms with Crippen LogP contribution in [0.1, 0.15) is 65.7 Å². The van der Waals surface area contributed by atoms with Gasteiger partial charge in [-0.2, -0.15) is 0 Å². The van der Waals surface area contributed by atoms with Crippen molar-refractivity contribution in [2.24, 2.45) is 28.6 Å². The highest BCUT2D eigenvalue weighted by molar-refractivity contribution is 6.01. The van der Waals surface area contributed by atoms with Gasteiger partial charge in [-0.25, -0.2) is 8.78 Å². The fourth-order valence-corrected chi connectivity index (χ4v) is 8.43. The number of alkyl halides is 2. The van der Waals surface area contributed by atoms with Crippen molar-refractivity contribution in [3.63, 3.8) is 0 Å². The molecule has 3 fully saturated rings. The lowest BCUT2D eigenvalue weighted by Gasteiger charge is -2.63. The van der Waals surface area contributed by atoms with Crippen LogP contribution in [0.3, 0.4) is 0 Å². The number of esters is 1. The number of rotatable bonds is 10. The Morgan fingerprint density at radius 3 is 2.50 bits per heavy atom. The molecule has 10 nitrogen and oxygen atoms in total. The molecule has 40 heavy (non-hydrogen) atoms. The van der Waals surface area contributed by atoms with Crippen molar-refractivity contribution in [3.8, 4) is 0 Å². The molecule has 224 valence electrons. The van der Waals surface area contributed by atoms with Gasteiger partial charge in [0, 0.05) is 29.1 Å². The molecule has 0 heterocycles. The minimum atomic E-state index is -2.34. The second kappa shape index (κ2) is 11.0. The van der Waals surface area contributed by atoms with Gasteiger partial charge in [0.15, 0.2) is 17.1 Å². The maximum Gasteiger partial charge on any atom is 0.306 e. The molecular weight excluding hydrogens is 532 g/mol. The first-order valence-corrected chi connectivity index (χ1v) is 13.8. The number of nitrogens with zero attached hydrogens (tertiary/aromatic N) is 1. The number of ether oxygens (including phenoxy) is 1. The number of unbranched alkanes of at least 4 members (excludes halogenated alkanes) is 2. The molecule has 0 spiro atoms. The molecule has 0 aromatic heterocycles. The molecule has 2 unspecified atom stereocenters. The van der Waals surface area contributed by atoms with Crippen molar-refractivity contribution < 1.29 is 53.4 Å². The number of halogens is 2. The van der Waals surface area contributed by atoms with Gasteiger partial charge in [0.1, 0.15) is 12.8 Å². The summed E-state index contributed by atoms with van der Waals surface area (Å²) in [6, 6.07) is 0. The van der Waals surface area contributed by atoms with Crippen LogP contribution in [0.4, 0.5) is 8.78 Å². The molecule has 0 aromatic rings. The molecule has 4 aliphatic rings. The molecule has 12 heteroatoms. The highest BCUT2D eigenvalue weighted by Gasteiger charge is 2.78. The summed E-state index contributed by atoms with van der Waals surface area (Å²) in [6.45, 7) is 3.90. The number of Topliss-reactive ketones (excluding diaryl/α,β-unsaturated/α-hetero) is 1. The number of carbonyl (C=O) groups is 3. The van der Waals surface area contributed by atoms with E-state index in [1.54, 1.807) is 13.8 Å². The number of carbonyl (C=O) groups excluding carboxylic acids is 3. The zero-order valence-electron chi connectivity index (χ0n) is 23.0. The van der Waals surface area contributed by atoms with E-state index in [0.29, 0.717) is 19.3 Å². The summed E-state index contributed by atoms with van der Waals surface area (Å²) in [5.74, 6) is -4.27. The molecule has 4 N–H and O–H groups in total. The van der Waals surface area contributed by atoms with Crippen molar-refractivity contribution in [1.29, 1.82) is 0 Å². The second-order valence-corrected chi connectivity index (χ2v) is 12.2. The molecule has 9 atom stereocenters. The number of aliphatic hydroxyl groups is 2. The molecule has 0 amide bonds. The first-order valence-electron chi connectivity index (χ1n) is 13.8. The smallest absolute Gasteiger partial charge is 0.306 e. The van der Waals surface area contributed by atoms with E-state index in [9.17, 15) is 24.6 Å². The first-order chi connectivity index (χ1) is 18.7. The van der Waals surface area contributed by atoms with Crippen LogP contribution in [0, 0.1) is 28.6 Å². The third kappa shape index (κ3) is 4.47. The van der Waals surface area contributed by atoms with E-state index >= 15 is 8.78 Å². The van der Waals surface area contributed by atoms with Crippen LogP contribution in [0.15, 0.2) is 23.8 Å². The van der Waals surface area contributed by atoms with E-state index in [-0.39, 0.29) is 37.9 Å². The summed E-state index contributed by atoms with van der Waals surface area (Å²) in [5.41, 5.74) is -7.08. The Hall–Kier alpha value is -2.09. The normalized spacial score (nSPS) is 42.2. The topological polar surface area (TPSA) is 154 Å². The maximum atomic E-state index is 17.4. The number of fused-ring (bicyclic) bond motifs is 5. The predicted octanol–water partition coefficient (Wildman–Crippen LogP) is 2.97. The van der Waals surface area contributed by atoms with Gasteiger partial charge in [-0.1, -0.05) is 26.3 Å². The van der Waals surface area contributed by atoms with Gasteiger partial charge in [-0.15, -0.1) is 0 Å². The van der Waals surface area contributed by atoms with E-state index in [1.165, 1.54) is 19.1 Å². The van der Waals surface area contributed by atoms with Gasteiger partial charge in [-0.05, 0) is 62.7 Å². The SMILES string of the molecule is C[C@@H]1CC2C3C[C@H](F)C4=CC(=O)C=C[C@]4(C)[C@@]3(F)[C@@H](O)C[C@]2(C)[C@@]1(OC(=O)CCCCCON(O)O)C(=O)CO. The number of allylic oxidation sites excluding steroid dienone is 4.